The lowest BCUT2D eigenvalue weighted by molar-refractivity contribution is -0.127. The highest BCUT2D eigenvalue weighted by molar-refractivity contribution is 6.62. The third-order valence-corrected chi connectivity index (χ3v) is 3.56. The van der Waals surface area contributed by atoms with Crippen LogP contribution in [0.15, 0.2) is 24.2 Å². The molecule has 0 saturated carbocycles. The van der Waals surface area contributed by atoms with Crippen molar-refractivity contribution in [1.29, 1.82) is 0 Å². The van der Waals surface area contributed by atoms with Gasteiger partial charge in [-0.05, 0) is 38.7 Å². The summed E-state index contributed by atoms with van der Waals surface area (Å²) in [6.45, 7) is 7.01. The van der Waals surface area contributed by atoms with Crippen molar-refractivity contribution in [2.75, 3.05) is 0 Å². The number of rotatable bonds is 2. The molecule has 0 radical (unpaired) electrons. The number of hydrogen-bond donors (Lipinski definition) is 0. The van der Waals surface area contributed by atoms with Crippen LogP contribution in [0.1, 0.15) is 38.7 Å². The number of alkyl halides is 3. The molecular weight excluding hydrogens is 268 g/mol. The Hall–Kier alpha value is -1.01. The molecule has 20 heavy (non-hydrogen) atoms. The van der Waals surface area contributed by atoms with Gasteiger partial charge < -0.3 is 9.31 Å². The zero-order valence-electron chi connectivity index (χ0n) is 15.7. The highest BCUT2D eigenvalue weighted by atomic mass is 19.4. The van der Waals surface area contributed by atoms with Crippen LogP contribution in [-0.4, -0.2) is 24.5 Å². The molecule has 110 valence electrons. The fraction of sp³-hybridized carbons (Fsp3) is 0.571. The maximum atomic E-state index is 12.6. The average Bonchev–Trinajstić information content (AvgIpc) is 2.60. The van der Waals surface area contributed by atoms with Gasteiger partial charge in [0.05, 0.1) is 23.1 Å². The molecule has 1 saturated heterocycles. The standard InChI is InChI=1S/C14H18BF3O2/c1-12(2)13(3,4)20-15(19-12)11-7-5-10(6-8-11)9-14(16,17)18/h5-8H,9H2,1-4H3/i5D,6D,7D,8D. The van der Waals surface area contributed by atoms with Crippen molar-refractivity contribution in [2.24, 2.45) is 0 Å². The Labute approximate surface area is 123 Å². The third-order valence-electron chi connectivity index (χ3n) is 3.56. The van der Waals surface area contributed by atoms with Crippen molar-refractivity contribution < 1.29 is 28.0 Å². The monoisotopic (exact) mass is 290 g/mol. The van der Waals surface area contributed by atoms with E-state index >= 15 is 0 Å². The molecule has 0 unspecified atom stereocenters. The van der Waals surface area contributed by atoms with Crippen molar-refractivity contribution in [1.82, 2.24) is 0 Å². The molecule has 1 aromatic carbocycles. The highest BCUT2D eigenvalue weighted by Gasteiger charge is 2.51. The van der Waals surface area contributed by atoms with Gasteiger partial charge in [-0.15, -0.1) is 0 Å². The fourth-order valence-electron chi connectivity index (χ4n) is 1.72. The first-order chi connectivity index (χ1) is 10.7. The average molecular weight is 290 g/mol. The van der Waals surface area contributed by atoms with E-state index in [-0.39, 0.29) is 5.46 Å². The van der Waals surface area contributed by atoms with Crippen LogP contribution in [0, 0.1) is 0 Å². The fourth-order valence-corrected chi connectivity index (χ4v) is 1.72. The van der Waals surface area contributed by atoms with Crippen LogP contribution in [0.25, 0.3) is 0 Å². The molecule has 0 bridgehead atoms. The normalized spacial score (nSPS) is 24.1. The molecule has 1 heterocycles. The second-order valence-corrected chi connectivity index (χ2v) is 5.77. The summed E-state index contributed by atoms with van der Waals surface area (Å²) < 4.78 is 80.9. The van der Waals surface area contributed by atoms with Crippen LogP contribution in [0.4, 0.5) is 13.2 Å². The van der Waals surface area contributed by atoms with Crippen molar-refractivity contribution in [3.63, 3.8) is 0 Å². The quantitative estimate of drug-likeness (QED) is 0.779. The van der Waals surface area contributed by atoms with Crippen molar-refractivity contribution in [3.05, 3.63) is 29.7 Å². The molecular formula is C14H18BF3O2. The van der Waals surface area contributed by atoms with Gasteiger partial charge >= 0.3 is 13.3 Å². The van der Waals surface area contributed by atoms with Crippen LogP contribution in [-0.2, 0) is 15.7 Å². The van der Waals surface area contributed by atoms with E-state index in [1.165, 1.54) is 0 Å². The second kappa shape index (κ2) is 4.77. The Morgan fingerprint density at radius 2 is 1.50 bits per heavy atom. The topological polar surface area (TPSA) is 18.5 Å². The summed E-state index contributed by atoms with van der Waals surface area (Å²) in [5.41, 5.74) is -2.41. The SMILES string of the molecule is [2H]c1c([2H])c(B2OC(C)(C)C(C)(C)O2)c([2H])c([2H])c1CC(F)(F)F. The molecule has 0 amide bonds. The second-order valence-electron chi connectivity index (χ2n) is 5.77. The predicted octanol–water partition coefficient (Wildman–Crippen LogP) is 3.09. The van der Waals surface area contributed by atoms with Crippen molar-refractivity contribution in [2.45, 2.75) is 51.5 Å². The van der Waals surface area contributed by atoms with Crippen molar-refractivity contribution >= 4 is 12.6 Å². The Morgan fingerprint density at radius 3 is 1.90 bits per heavy atom. The molecule has 0 spiro atoms. The Morgan fingerprint density at radius 1 is 1.05 bits per heavy atom. The van der Waals surface area contributed by atoms with E-state index in [0.29, 0.717) is 0 Å². The summed E-state index contributed by atoms with van der Waals surface area (Å²) in [5.74, 6) is 0. The summed E-state index contributed by atoms with van der Waals surface area (Å²) in [6, 6.07) is -2.60. The van der Waals surface area contributed by atoms with Gasteiger partial charge in [0.25, 0.3) is 0 Å². The van der Waals surface area contributed by atoms with Gasteiger partial charge in [-0.2, -0.15) is 13.2 Å². The van der Waals surface area contributed by atoms with Crippen LogP contribution < -0.4 is 5.46 Å². The Bertz CT molecular complexity index is 632. The third kappa shape index (κ3) is 3.18. The van der Waals surface area contributed by atoms with Gasteiger partial charge in [-0.3, -0.25) is 0 Å². The van der Waals surface area contributed by atoms with E-state index in [9.17, 15) is 13.2 Å². The molecule has 0 aromatic heterocycles. The molecule has 0 N–H and O–H groups in total. The van der Waals surface area contributed by atoms with Gasteiger partial charge in [0, 0.05) is 0 Å². The molecule has 1 aromatic rings. The van der Waals surface area contributed by atoms with Gasteiger partial charge in [0.2, 0.25) is 0 Å². The van der Waals surface area contributed by atoms with E-state index in [4.69, 9.17) is 14.8 Å². The number of benzene rings is 1. The van der Waals surface area contributed by atoms with E-state index in [1.807, 2.05) is 0 Å². The minimum absolute atomic E-state index is 0.186. The first-order valence-electron chi connectivity index (χ1n) is 8.19. The van der Waals surface area contributed by atoms with Gasteiger partial charge in [-0.25, -0.2) is 0 Å². The van der Waals surface area contributed by atoms with E-state index in [1.54, 1.807) is 27.7 Å². The van der Waals surface area contributed by atoms with Crippen LogP contribution in [0.3, 0.4) is 0 Å². The first kappa shape index (κ1) is 10.7. The van der Waals surface area contributed by atoms with Crippen LogP contribution in [0.5, 0.6) is 0 Å². The minimum Gasteiger partial charge on any atom is -0.399 e. The molecule has 6 heteroatoms. The maximum Gasteiger partial charge on any atom is 0.494 e. The van der Waals surface area contributed by atoms with E-state index in [2.05, 4.69) is 0 Å². The summed E-state index contributed by atoms with van der Waals surface area (Å²) in [6.07, 6.45) is -6.15. The van der Waals surface area contributed by atoms with E-state index < -0.39 is 60.7 Å². The largest absolute Gasteiger partial charge is 0.494 e. The zero-order chi connectivity index (χ0) is 18.7. The summed E-state index contributed by atoms with van der Waals surface area (Å²) in [7, 11) is -1.18. The maximum absolute atomic E-state index is 12.6. The van der Waals surface area contributed by atoms with Crippen LogP contribution >= 0.6 is 0 Å². The minimum atomic E-state index is -4.63. The lowest BCUT2D eigenvalue weighted by atomic mass is 9.79. The Balaban J connectivity index is 2.55. The van der Waals surface area contributed by atoms with E-state index in [0.717, 1.165) is 0 Å². The van der Waals surface area contributed by atoms with Gasteiger partial charge in [0.15, 0.2) is 0 Å². The Kier molecular flexibility index (Phi) is 2.55. The molecule has 1 aliphatic rings. The lowest BCUT2D eigenvalue weighted by Gasteiger charge is -2.32. The molecule has 0 aliphatic carbocycles. The first-order valence-corrected chi connectivity index (χ1v) is 6.19. The smallest absolute Gasteiger partial charge is 0.399 e. The van der Waals surface area contributed by atoms with Crippen LogP contribution in [0.2, 0.25) is 0 Å². The highest BCUT2D eigenvalue weighted by Crippen LogP contribution is 2.36. The number of halogens is 3. The molecule has 1 aliphatic heterocycles. The summed E-state index contributed by atoms with van der Waals surface area (Å²) in [4.78, 5) is 0. The van der Waals surface area contributed by atoms with Gasteiger partial charge in [-0.1, -0.05) is 24.2 Å². The van der Waals surface area contributed by atoms with Crippen molar-refractivity contribution in [3.8, 4) is 0 Å². The lowest BCUT2D eigenvalue weighted by Crippen LogP contribution is -2.41. The number of hydrogen-bond acceptors (Lipinski definition) is 2. The molecule has 1 fully saturated rings. The predicted molar refractivity (Wildman–Crippen MR) is 71.9 cm³/mol. The zero-order valence-corrected chi connectivity index (χ0v) is 11.7. The molecule has 2 rings (SSSR count). The summed E-state index contributed by atoms with van der Waals surface area (Å²) >= 11 is 0. The molecule has 2 nitrogen and oxygen atoms in total. The summed E-state index contributed by atoms with van der Waals surface area (Å²) in [5, 5.41) is 0. The molecule has 0 atom stereocenters. The van der Waals surface area contributed by atoms with Gasteiger partial charge in [0.1, 0.15) is 0 Å².